The van der Waals surface area contributed by atoms with Gasteiger partial charge in [0, 0.05) is 19.2 Å². The molecule has 1 aliphatic carbocycles. The van der Waals surface area contributed by atoms with Crippen LogP contribution in [0.5, 0.6) is 5.75 Å². The van der Waals surface area contributed by atoms with Crippen molar-refractivity contribution < 1.29 is 24.4 Å². The molecular formula is C16H18N2O6. The first kappa shape index (κ1) is 16.2. The van der Waals surface area contributed by atoms with Gasteiger partial charge < -0.3 is 14.7 Å². The van der Waals surface area contributed by atoms with Gasteiger partial charge in [0.1, 0.15) is 5.75 Å². The second kappa shape index (κ2) is 6.10. The van der Waals surface area contributed by atoms with E-state index in [9.17, 15) is 24.8 Å². The number of fused-ring (bicyclic) bond motifs is 1. The molecule has 0 bridgehead atoms. The number of benzene rings is 1. The van der Waals surface area contributed by atoms with E-state index in [4.69, 9.17) is 4.74 Å². The number of hydrogen-bond acceptors (Lipinski definition) is 5. The molecule has 128 valence electrons. The number of hydrogen-bond donors (Lipinski definition) is 1. The van der Waals surface area contributed by atoms with Gasteiger partial charge in [0.15, 0.2) is 6.61 Å². The highest BCUT2D eigenvalue weighted by Crippen LogP contribution is 2.48. The molecule has 2 fully saturated rings. The van der Waals surface area contributed by atoms with Crippen LogP contribution >= 0.6 is 0 Å². The Labute approximate surface area is 138 Å². The Balaban J connectivity index is 1.61. The largest absolute Gasteiger partial charge is 0.484 e. The Kier molecular flexibility index (Phi) is 4.13. The fraction of sp³-hybridized carbons (Fsp3) is 0.500. The molecule has 1 heterocycles. The van der Waals surface area contributed by atoms with E-state index in [1.165, 1.54) is 29.2 Å². The second-order valence-electron chi connectivity index (χ2n) is 6.37. The van der Waals surface area contributed by atoms with Crippen LogP contribution in [0.3, 0.4) is 0 Å². The summed E-state index contributed by atoms with van der Waals surface area (Å²) >= 11 is 0. The molecule has 2 aliphatic rings. The predicted molar refractivity (Wildman–Crippen MR) is 82.6 cm³/mol. The molecule has 3 rings (SSSR count). The van der Waals surface area contributed by atoms with Crippen molar-refractivity contribution in [1.29, 1.82) is 0 Å². The van der Waals surface area contributed by atoms with Gasteiger partial charge in [0.2, 0.25) is 0 Å². The monoisotopic (exact) mass is 334 g/mol. The average Bonchev–Trinajstić information content (AvgIpc) is 3.11. The number of nitrogens with zero attached hydrogens (tertiary/aromatic N) is 2. The summed E-state index contributed by atoms with van der Waals surface area (Å²) in [5.41, 5.74) is -0.929. The number of nitro benzene ring substituents is 1. The highest BCUT2D eigenvalue weighted by molar-refractivity contribution is 5.82. The van der Waals surface area contributed by atoms with E-state index in [0.29, 0.717) is 13.0 Å². The number of ether oxygens (including phenoxy) is 1. The minimum Gasteiger partial charge on any atom is -0.484 e. The lowest BCUT2D eigenvalue weighted by Gasteiger charge is -2.23. The molecule has 0 aromatic heterocycles. The van der Waals surface area contributed by atoms with Gasteiger partial charge in [0.25, 0.3) is 11.6 Å². The summed E-state index contributed by atoms with van der Waals surface area (Å²) in [7, 11) is 0. The number of carboxylic acids is 1. The number of nitro groups is 1. The zero-order chi connectivity index (χ0) is 17.3. The SMILES string of the molecule is O=C(COc1cccc([N+](=O)[O-])c1)N1C[C@@H]2CCC[C@@]2(C(=O)O)C1. The van der Waals surface area contributed by atoms with Gasteiger partial charge >= 0.3 is 5.97 Å². The summed E-state index contributed by atoms with van der Waals surface area (Å²) in [5.74, 6) is -0.891. The van der Waals surface area contributed by atoms with Crippen molar-refractivity contribution >= 4 is 17.6 Å². The van der Waals surface area contributed by atoms with Crippen LogP contribution in [0, 0.1) is 21.4 Å². The fourth-order valence-electron chi connectivity index (χ4n) is 3.75. The molecule has 1 aliphatic heterocycles. The maximum Gasteiger partial charge on any atom is 0.311 e. The lowest BCUT2D eigenvalue weighted by molar-refractivity contribution is -0.384. The van der Waals surface area contributed by atoms with E-state index in [1.54, 1.807) is 0 Å². The molecule has 1 saturated carbocycles. The molecule has 1 aromatic rings. The number of amides is 1. The number of likely N-dealkylation sites (tertiary alicyclic amines) is 1. The summed E-state index contributed by atoms with van der Waals surface area (Å²) in [5, 5.41) is 20.3. The standard InChI is InChI=1S/C16H18N2O6/c19-14(9-24-13-5-1-4-12(7-13)18(22)23)17-8-11-3-2-6-16(11,10-17)15(20)21/h1,4-5,7,11H,2-3,6,8-10H2,(H,20,21)/t11-,16+/m0/s1. The first-order valence-electron chi connectivity index (χ1n) is 7.81. The molecule has 24 heavy (non-hydrogen) atoms. The quantitative estimate of drug-likeness (QED) is 0.648. The molecular weight excluding hydrogens is 316 g/mol. The number of rotatable bonds is 5. The predicted octanol–water partition coefficient (Wildman–Crippen LogP) is 1.69. The first-order chi connectivity index (χ1) is 11.4. The summed E-state index contributed by atoms with van der Waals surface area (Å²) in [6.07, 6.45) is 2.30. The molecule has 0 radical (unpaired) electrons. The number of aliphatic carboxylic acids is 1. The van der Waals surface area contributed by atoms with Crippen molar-refractivity contribution in [1.82, 2.24) is 4.90 Å². The van der Waals surface area contributed by atoms with Gasteiger partial charge in [0.05, 0.1) is 16.4 Å². The molecule has 1 saturated heterocycles. The molecule has 1 N–H and O–H groups in total. The Hall–Kier alpha value is -2.64. The second-order valence-corrected chi connectivity index (χ2v) is 6.37. The summed E-state index contributed by atoms with van der Waals surface area (Å²) in [4.78, 5) is 35.7. The third kappa shape index (κ3) is 2.79. The fourth-order valence-corrected chi connectivity index (χ4v) is 3.75. The van der Waals surface area contributed by atoms with Gasteiger partial charge in [-0.2, -0.15) is 0 Å². The number of carbonyl (C=O) groups is 2. The van der Waals surface area contributed by atoms with E-state index in [0.717, 1.165) is 12.8 Å². The Morgan fingerprint density at radius 2 is 2.25 bits per heavy atom. The van der Waals surface area contributed by atoms with Gasteiger partial charge in [-0.15, -0.1) is 0 Å². The maximum atomic E-state index is 12.3. The van der Waals surface area contributed by atoms with Crippen LogP contribution in [0.2, 0.25) is 0 Å². The number of carbonyl (C=O) groups excluding carboxylic acids is 1. The lowest BCUT2D eigenvalue weighted by Crippen LogP contribution is -2.38. The van der Waals surface area contributed by atoms with E-state index in [2.05, 4.69) is 0 Å². The van der Waals surface area contributed by atoms with Crippen LogP contribution < -0.4 is 4.74 Å². The smallest absolute Gasteiger partial charge is 0.311 e. The van der Waals surface area contributed by atoms with Crippen molar-refractivity contribution in [3.8, 4) is 5.75 Å². The third-order valence-electron chi connectivity index (χ3n) is 5.04. The molecule has 8 heteroatoms. The highest BCUT2D eigenvalue weighted by Gasteiger charge is 2.55. The van der Waals surface area contributed by atoms with Crippen molar-refractivity contribution in [3.63, 3.8) is 0 Å². The zero-order valence-corrected chi connectivity index (χ0v) is 13.0. The summed E-state index contributed by atoms with van der Waals surface area (Å²) < 4.78 is 5.34. The van der Waals surface area contributed by atoms with Crippen LogP contribution in [0.4, 0.5) is 5.69 Å². The Morgan fingerprint density at radius 1 is 1.46 bits per heavy atom. The lowest BCUT2D eigenvalue weighted by atomic mass is 9.81. The highest BCUT2D eigenvalue weighted by atomic mass is 16.6. The van der Waals surface area contributed by atoms with Crippen LogP contribution in [-0.4, -0.2) is 46.5 Å². The van der Waals surface area contributed by atoms with Crippen molar-refractivity contribution in [2.75, 3.05) is 19.7 Å². The van der Waals surface area contributed by atoms with Crippen LogP contribution in [-0.2, 0) is 9.59 Å². The van der Waals surface area contributed by atoms with E-state index >= 15 is 0 Å². The van der Waals surface area contributed by atoms with E-state index in [-0.39, 0.29) is 36.4 Å². The van der Waals surface area contributed by atoms with Crippen molar-refractivity contribution in [3.05, 3.63) is 34.4 Å². The van der Waals surface area contributed by atoms with Gasteiger partial charge in [-0.05, 0) is 24.8 Å². The van der Waals surface area contributed by atoms with Crippen LogP contribution in [0.25, 0.3) is 0 Å². The number of carboxylic acid groups (broad SMARTS) is 1. The minimum atomic E-state index is -0.833. The number of non-ortho nitro benzene ring substituents is 1. The molecule has 0 unspecified atom stereocenters. The molecule has 8 nitrogen and oxygen atoms in total. The Morgan fingerprint density at radius 3 is 2.92 bits per heavy atom. The molecule has 1 amide bonds. The van der Waals surface area contributed by atoms with Crippen LogP contribution in [0.15, 0.2) is 24.3 Å². The van der Waals surface area contributed by atoms with Gasteiger partial charge in [-0.3, -0.25) is 19.7 Å². The summed E-state index contributed by atoms with van der Waals surface area (Å²) in [6, 6.07) is 5.62. The van der Waals surface area contributed by atoms with E-state index < -0.39 is 16.3 Å². The average molecular weight is 334 g/mol. The van der Waals surface area contributed by atoms with Crippen molar-refractivity contribution in [2.45, 2.75) is 19.3 Å². The normalized spacial score (nSPS) is 25.3. The van der Waals surface area contributed by atoms with E-state index in [1.807, 2.05) is 0 Å². The zero-order valence-electron chi connectivity index (χ0n) is 13.0. The molecule has 2 atom stereocenters. The molecule has 1 aromatic carbocycles. The topological polar surface area (TPSA) is 110 Å². The maximum absolute atomic E-state index is 12.3. The summed E-state index contributed by atoms with van der Waals surface area (Å²) in [6.45, 7) is 0.386. The molecule has 0 spiro atoms. The first-order valence-corrected chi connectivity index (χ1v) is 7.81. The minimum absolute atomic E-state index is 0.00300. The van der Waals surface area contributed by atoms with Crippen LogP contribution in [0.1, 0.15) is 19.3 Å². The van der Waals surface area contributed by atoms with Crippen molar-refractivity contribution in [2.24, 2.45) is 11.3 Å². The Bertz CT molecular complexity index is 691. The van der Waals surface area contributed by atoms with Gasteiger partial charge in [-0.1, -0.05) is 12.5 Å². The van der Waals surface area contributed by atoms with Gasteiger partial charge in [-0.25, -0.2) is 0 Å². The third-order valence-corrected chi connectivity index (χ3v) is 5.04.